The van der Waals surface area contributed by atoms with Crippen LogP contribution >= 0.6 is 12.4 Å². The zero-order valence-corrected chi connectivity index (χ0v) is 16.0. The van der Waals surface area contributed by atoms with Crippen LogP contribution in [0.25, 0.3) is 0 Å². The van der Waals surface area contributed by atoms with Crippen LogP contribution in [-0.2, 0) is 4.79 Å². The Kier molecular flexibility index (Phi) is 9.68. The van der Waals surface area contributed by atoms with Crippen molar-refractivity contribution in [1.82, 2.24) is 5.32 Å². The van der Waals surface area contributed by atoms with Crippen LogP contribution in [0.15, 0.2) is 24.3 Å². The molecule has 0 radical (unpaired) electrons. The van der Waals surface area contributed by atoms with E-state index in [2.05, 4.69) is 12.2 Å². The number of ether oxygens (including phenoxy) is 2. The van der Waals surface area contributed by atoms with Crippen LogP contribution in [0.1, 0.15) is 52.4 Å². The number of carbonyl (C=O) groups excluding carboxylic acids is 1. The van der Waals surface area contributed by atoms with Gasteiger partial charge < -0.3 is 20.5 Å². The van der Waals surface area contributed by atoms with Gasteiger partial charge in [0.2, 0.25) is 5.91 Å². The number of rotatable bonds is 8. The van der Waals surface area contributed by atoms with Crippen molar-refractivity contribution in [3.8, 4) is 11.5 Å². The lowest BCUT2D eigenvalue weighted by Gasteiger charge is -2.32. The molecule has 25 heavy (non-hydrogen) atoms. The fourth-order valence-corrected chi connectivity index (χ4v) is 2.97. The van der Waals surface area contributed by atoms with E-state index in [0.717, 1.165) is 50.2 Å². The first-order chi connectivity index (χ1) is 11.6. The highest BCUT2D eigenvalue weighted by Gasteiger charge is 2.28. The van der Waals surface area contributed by atoms with Gasteiger partial charge in [0.15, 0.2) is 0 Å². The lowest BCUT2D eigenvalue weighted by Crippen LogP contribution is -2.48. The Hall–Kier alpha value is -1.46. The second-order valence-corrected chi connectivity index (χ2v) is 6.62. The van der Waals surface area contributed by atoms with Gasteiger partial charge in [-0.2, -0.15) is 0 Å². The molecule has 3 unspecified atom stereocenters. The molecular weight excluding hydrogens is 340 g/mol. The zero-order chi connectivity index (χ0) is 17.4. The van der Waals surface area contributed by atoms with Crippen molar-refractivity contribution in [1.29, 1.82) is 0 Å². The monoisotopic (exact) mass is 370 g/mol. The van der Waals surface area contributed by atoms with Crippen molar-refractivity contribution in [3.63, 3.8) is 0 Å². The van der Waals surface area contributed by atoms with Gasteiger partial charge in [-0.1, -0.05) is 13.3 Å². The van der Waals surface area contributed by atoms with Gasteiger partial charge in [0.05, 0.1) is 12.6 Å². The minimum Gasteiger partial charge on any atom is -0.494 e. The Bertz CT molecular complexity index is 508. The van der Waals surface area contributed by atoms with Crippen molar-refractivity contribution in [2.24, 2.45) is 5.73 Å². The smallest absolute Gasteiger partial charge is 0.221 e. The first-order valence-corrected chi connectivity index (χ1v) is 9.03. The van der Waals surface area contributed by atoms with Crippen LogP contribution in [0.4, 0.5) is 0 Å². The summed E-state index contributed by atoms with van der Waals surface area (Å²) in [6.45, 7) is 4.65. The predicted octanol–water partition coefficient (Wildman–Crippen LogP) is 3.44. The van der Waals surface area contributed by atoms with Gasteiger partial charge in [-0.25, -0.2) is 0 Å². The molecule has 0 saturated heterocycles. The summed E-state index contributed by atoms with van der Waals surface area (Å²) in [7, 11) is 0. The maximum Gasteiger partial charge on any atom is 0.221 e. The van der Waals surface area contributed by atoms with Gasteiger partial charge in [0.25, 0.3) is 0 Å². The van der Waals surface area contributed by atoms with E-state index in [4.69, 9.17) is 15.2 Å². The van der Waals surface area contributed by atoms with Gasteiger partial charge in [0.1, 0.15) is 17.6 Å². The van der Waals surface area contributed by atoms with Crippen LogP contribution in [-0.4, -0.2) is 30.7 Å². The highest BCUT2D eigenvalue weighted by Crippen LogP contribution is 2.25. The maximum atomic E-state index is 12.0. The molecule has 3 N–H and O–H groups in total. The third kappa shape index (κ3) is 7.53. The third-order valence-electron chi connectivity index (χ3n) is 4.14. The Morgan fingerprint density at radius 3 is 2.52 bits per heavy atom. The summed E-state index contributed by atoms with van der Waals surface area (Å²) in [5, 5.41) is 3.09. The number of hydrogen-bond donors (Lipinski definition) is 2. The van der Waals surface area contributed by atoms with E-state index in [1.807, 2.05) is 31.2 Å². The number of benzene rings is 1. The summed E-state index contributed by atoms with van der Waals surface area (Å²) in [5.41, 5.74) is 5.70. The Labute approximate surface area is 157 Å². The summed E-state index contributed by atoms with van der Waals surface area (Å²) < 4.78 is 11.7. The molecule has 3 atom stereocenters. The molecule has 142 valence electrons. The number of carbonyl (C=O) groups is 1. The Morgan fingerprint density at radius 2 is 1.88 bits per heavy atom. The van der Waals surface area contributed by atoms with Crippen LogP contribution in [0.3, 0.4) is 0 Å². The van der Waals surface area contributed by atoms with E-state index in [9.17, 15) is 4.79 Å². The SMILES string of the molecule is CCCOc1ccc(OC2CCCCC2NC(=O)CC(C)N)cc1.Cl. The highest BCUT2D eigenvalue weighted by molar-refractivity contribution is 5.85. The van der Waals surface area contributed by atoms with Crippen LogP contribution in [0.2, 0.25) is 0 Å². The van der Waals surface area contributed by atoms with E-state index in [0.29, 0.717) is 6.42 Å². The second kappa shape index (κ2) is 11.2. The van der Waals surface area contributed by atoms with Crippen molar-refractivity contribution in [2.45, 2.75) is 70.6 Å². The molecule has 0 aliphatic heterocycles. The molecule has 1 aliphatic rings. The van der Waals surface area contributed by atoms with Crippen molar-refractivity contribution < 1.29 is 14.3 Å². The van der Waals surface area contributed by atoms with Crippen LogP contribution < -0.4 is 20.5 Å². The average molecular weight is 371 g/mol. The lowest BCUT2D eigenvalue weighted by atomic mass is 9.92. The fourth-order valence-electron chi connectivity index (χ4n) is 2.97. The average Bonchev–Trinajstić information content (AvgIpc) is 2.55. The molecule has 1 aliphatic carbocycles. The Morgan fingerprint density at radius 1 is 1.24 bits per heavy atom. The molecule has 1 saturated carbocycles. The quantitative estimate of drug-likeness (QED) is 0.735. The lowest BCUT2D eigenvalue weighted by molar-refractivity contribution is -0.123. The van der Waals surface area contributed by atoms with Gasteiger partial charge in [0, 0.05) is 12.5 Å². The molecule has 1 amide bonds. The standard InChI is InChI=1S/C19H30N2O3.ClH/c1-3-12-23-15-8-10-16(11-9-15)24-18-7-5-4-6-17(18)21-19(22)13-14(2)20;/h8-11,14,17-18H,3-7,12-13,20H2,1-2H3,(H,21,22);1H. The topological polar surface area (TPSA) is 73.6 Å². The largest absolute Gasteiger partial charge is 0.494 e. The van der Waals surface area contributed by atoms with Crippen molar-refractivity contribution in [3.05, 3.63) is 24.3 Å². The molecule has 0 bridgehead atoms. The highest BCUT2D eigenvalue weighted by atomic mass is 35.5. The van der Waals surface area contributed by atoms with E-state index in [1.165, 1.54) is 0 Å². The van der Waals surface area contributed by atoms with E-state index in [1.54, 1.807) is 0 Å². The van der Waals surface area contributed by atoms with Crippen LogP contribution in [0.5, 0.6) is 11.5 Å². The number of amides is 1. The molecular formula is C19H31ClN2O3. The first kappa shape index (κ1) is 21.6. The summed E-state index contributed by atoms with van der Waals surface area (Å²) in [6.07, 6.45) is 5.51. The molecule has 2 rings (SSSR count). The summed E-state index contributed by atoms with van der Waals surface area (Å²) >= 11 is 0. The second-order valence-electron chi connectivity index (χ2n) is 6.62. The predicted molar refractivity (Wildman–Crippen MR) is 103 cm³/mol. The molecule has 6 heteroatoms. The fraction of sp³-hybridized carbons (Fsp3) is 0.632. The summed E-state index contributed by atoms with van der Waals surface area (Å²) in [6, 6.07) is 7.65. The summed E-state index contributed by atoms with van der Waals surface area (Å²) in [4.78, 5) is 12.0. The number of nitrogens with one attached hydrogen (secondary N) is 1. The molecule has 0 aromatic heterocycles. The normalized spacial score (nSPS) is 20.9. The first-order valence-electron chi connectivity index (χ1n) is 9.03. The maximum absolute atomic E-state index is 12.0. The minimum atomic E-state index is -0.122. The molecule has 1 aromatic rings. The third-order valence-corrected chi connectivity index (χ3v) is 4.14. The molecule has 0 spiro atoms. The van der Waals surface area contributed by atoms with Gasteiger partial charge in [-0.05, 0) is 56.9 Å². The number of halogens is 1. The zero-order valence-electron chi connectivity index (χ0n) is 15.2. The summed E-state index contributed by atoms with van der Waals surface area (Å²) in [5.74, 6) is 1.68. The van der Waals surface area contributed by atoms with E-state index < -0.39 is 0 Å². The van der Waals surface area contributed by atoms with Gasteiger partial charge in [-0.15, -0.1) is 12.4 Å². The van der Waals surface area contributed by atoms with Gasteiger partial charge in [-0.3, -0.25) is 4.79 Å². The molecule has 0 heterocycles. The van der Waals surface area contributed by atoms with Crippen LogP contribution in [0, 0.1) is 0 Å². The Balaban J connectivity index is 0.00000312. The van der Waals surface area contributed by atoms with Gasteiger partial charge >= 0.3 is 0 Å². The van der Waals surface area contributed by atoms with E-state index in [-0.39, 0.29) is 36.5 Å². The molecule has 1 aromatic carbocycles. The van der Waals surface area contributed by atoms with Crippen molar-refractivity contribution in [2.75, 3.05) is 6.61 Å². The number of hydrogen-bond acceptors (Lipinski definition) is 4. The minimum absolute atomic E-state index is 0. The molecule has 5 nitrogen and oxygen atoms in total. The van der Waals surface area contributed by atoms with Crippen molar-refractivity contribution >= 4 is 18.3 Å². The molecule has 1 fully saturated rings. The van der Waals surface area contributed by atoms with E-state index >= 15 is 0 Å². The number of nitrogens with two attached hydrogens (primary N) is 1.